The Morgan fingerprint density at radius 1 is 1.11 bits per heavy atom. The standard InChI is InChI=1S/C15H16BrNO/c1-11(12-6-3-2-4-7-12)18-15-9-5-8-14(16)13(15)10-17/h2-9,11H,10,17H2,1H3. The topological polar surface area (TPSA) is 35.2 Å². The van der Waals surface area contributed by atoms with Crippen molar-refractivity contribution in [1.82, 2.24) is 0 Å². The van der Waals surface area contributed by atoms with E-state index in [1.807, 2.05) is 43.3 Å². The zero-order valence-electron chi connectivity index (χ0n) is 10.3. The summed E-state index contributed by atoms with van der Waals surface area (Å²) < 4.78 is 6.98. The summed E-state index contributed by atoms with van der Waals surface area (Å²) in [6.45, 7) is 2.49. The second-order valence-electron chi connectivity index (χ2n) is 4.09. The Morgan fingerprint density at radius 2 is 1.83 bits per heavy atom. The van der Waals surface area contributed by atoms with E-state index >= 15 is 0 Å². The van der Waals surface area contributed by atoms with Crippen LogP contribution in [0.3, 0.4) is 0 Å². The highest BCUT2D eigenvalue weighted by Gasteiger charge is 2.11. The van der Waals surface area contributed by atoms with E-state index < -0.39 is 0 Å². The SMILES string of the molecule is CC(Oc1cccc(Br)c1CN)c1ccccc1. The highest BCUT2D eigenvalue weighted by atomic mass is 79.9. The van der Waals surface area contributed by atoms with Crippen LogP contribution >= 0.6 is 15.9 Å². The monoisotopic (exact) mass is 305 g/mol. The molecule has 2 N–H and O–H groups in total. The number of ether oxygens (including phenoxy) is 1. The largest absolute Gasteiger partial charge is 0.486 e. The van der Waals surface area contributed by atoms with Gasteiger partial charge in [0.2, 0.25) is 0 Å². The van der Waals surface area contributed by atoms with Crippen molar-refractivity contribution in [3.63, 3.8) is 0 Å². The maximum atomic E-state index is 5.99. The summed E-state index contributed by atoms with van der Waals surface area (Å²) in [5.74, 6) is 0.836. The van der Waals surface area contributed by atoms with Gasteiger partial charge in [-0.2, -0.15) is 0 Å². The van der Waals surface area contributed by atoms with Crippen molar-refractivity contribution in [3.8, 4) is 5.75 Å². The van der Waals surface area contributed by atoms with E-state index in [1.165, 1.54) is 0 Å². The first-order valence-corrected chi connectivity index (χ1v) is 6.70. The van der Waals surface area contributed by atoms with E-state index in [9.17, 15) is 0 Å². The van der Waals surface area contributed by atoms with Crippen molar-refractivity contribution in [2.75, 3.05) is 0 Å². The van der Waals surface area contributed by atoms with Crippen LogP contribution < -0.4 is 10.5 Å². The minimum Gasteiger partial charge on any atom is -0.486 e. The molecule has 1 unspecified atom stereocenters. The normalized spacial score (nSPS) is 12.2. The van der Waals surface area contributed by atoms with Gasteiger partial charge in [-0.05, 0) is 24.6 Å². The third-order valence-corrected chi connectivity index (χ3v) is 3.60. The van der Waals surface area contributed by atoms with Crippen molar-refractivity contribution >= 4 is 15.9 Å². The smallest absolute Gasteiger partial charge is 0.125 e. The molecule has 2 nitrogen and oxygen atoms in total. The molecule has 94 valence electrons. The molecule has 2 rings (SSSR count). The first-order chi connectivity index (χ1) is 8.72. The molecular formula is C15H16BrNO. The van der Waals surface area contributed by atoms with Gasteiger partial charge in [-0.1, -0.05) is 52.3 Å². The van der Waals surface area contributed by atoms with Crippen LogP contribution in [0.25, 0.3) is 0 Å². The van der Waals surface area contributed by atoms with Crippen LogP contribution in [0.4, 0.5) is 0 Å². The quantitative estimate of drug-likeness (QED) is 0.925. The summed E-state index contributed by atoms with van der Waals surface area (Å²) in [6, 6.07) is 16.0. The van der Waals surface area contributed by atoms with E-state index in [0.717, 1.165) is 21.3 Å². The predicted molar refractivity (Wildman–Crippen MR) is 77.5 cm³/mol. The van der Waals surface area contributed by atoms with Crippen LogP contribution in [0.15, 0.2) is 53.0 Å². The highest BCUT2D eigenvalue weighted by molar-refractivity contribution is 9.10. The molecule has 0 saturated heterocycles. The Labute approximate surface area is 116 Å². The Kier molecular flexibility index (Phi) is 4.39. The van der Waals surface area contributed by atoms with Gasteiger partial charge in [0.15, 0.2) is 0 Å². The molecule has 0 radical (unpaired) electrons. The fourth-order valence-corrected chi connectivity index (χ4v) is 2.34. The van der Waals surface area contributed by atoms with Gasteiger partial charge in [-0.25, -0.2) is 0 Å². The number of halogens is 1. The number of rotatable bonds is 4. The van der Waals surface area contributed by atoms with Gasteiger partial charge < -0.3 is 10.5 Å². The summed E-state index contributed by atoms with van der Waals surface area (Å²) in [5, 5.41) is 0. The maximum absolute atomic E-state index is 5.99. The molecule has 0 amide bonds. The molecule has 3 heteroatoms. The summed E-state index contributed by atoms with van der Waals surface area (Å²) in [7, 11) is 0. The van der Waals surface area contributed by atoms with Gasteiger partial charge in [0.25, 0.3) is 0 Å². The van der Waals surface area contributed by atoms with Crippen molar-refractivity contribution in [2.45, 2.75) is 19.6 Å². The summed E-state index contributed by atoms with van der Waals surface area (Å²) in [6.07, 6.45) is 0.00537. The molecule has 18 heavy (non-hydrogen) atoms. The molecule has 0 bridgehead atoms. The maximum Gasteiger partial charge on any atom is 0.125 e. The van der Waals surface area contributed by atoms with E-state index in [2.05, 4.69) is 28.1 Å². The van der Waals surface area contributed by atoms with Gasteiger partial charge in [-0.15, -0.1) is 0 Å². The van der Waals surface area contributed by atoms with E-state index in [-0.39, 0.29) is 6.10 Å². The van der Waals surface area contributed by atoms with E-state index in [1.54, 1.807) is 0 Å². The van der Waals surface area contributed by atoms with Gasteiger partial charge >= 0.3 is 0 Å². The van der Waals surface area contributed by atoms with Gasteiger partial charge in [0.05, 0.1) is 0 Å². The summed E-state index contributed by atoms with van der Waals surface area (Å²) in [4.78, 5) is 0. The van der Waals surface area contributed by atoms with Crippen molar-refractivity contribution in [2.24, 2.45) is 5.73 Å². The Bertz CT molecular complexity index is 513. The van der Waals surface area contributed by atoms with Crippen LogP contribution in [-0.2, 0) is 6.54 Å². The lowest BCUT2D eigenvalue weighted by molar-refractivity contribution is 0.224. The molecule has 2 aromatic carbocycles. The number of hydrogen-bond acceptors (Lipinski definition) is 2. The zero-order valence-corrected chi connectivity index (χ0v) is 11.9. The molecule has 0 aliphatic rings. The number of benzene rings is 2. The van der Waals surface area contributed by atoms with Gasteiger partial charge in [-0.3, -0.25) is 0 Å². The minimum absolute atomic E-state index is 0.00537. The fourth-order valence-electron chi connectivity index (χ4n) is 1.83. The summed E-state index contributed by atoms with van der Waals surface area (Å²) >= 11 is 3.49. The molecule has 0 aliphatic carbocycles. The fraction of sp³-hybridized carbons (Fsp3) is 0.200. The third kappa shape index (κ3) is 2.92. The van der Waals surface area contributed by atoms with Crippen LogP contribution in [0.5, 0.6) is 5.75 Å². The first kappa shape index (κ1) is 13.1. The Balaban J connectivity index is 2.22. The van der Waals surface area contributed by atoms with Gasteiger partial charge in [0, 0.05) is 16.6 Å². The lowest BCUT2D eigenvalue weighted by Gasteiger charge is -2.18. The van der Waals surface area contributed by atoms with Crippen LogP contribution in [0, 0.1) is 0 Å². The second kappa shape index (κ2) is 6.03. The predicted octanol–water partition coefficient (Wildman–Crippen LogP) is 4.05. The average molecular weight is 306 g/mol. The van der Waals surface area contributed by atoms with E-state index in [4.69, 9.17) is 10.5 Å². The lowest BCUT2D eigenvalue weighted by Crippen LogP contribution is -2.07. The number of hydrogen-bond donors (Lipinski definition) is 1. The third-order valence-electron chi connectivity index (χ3n) is 2.85. The summed E-state index contributed by atoms with van der Waals surface area (Å²) in [5.41, 5.74) is 7.91. The zero-order chi connectivity index (χ0) is 13.0. The Morgan fingerprint density at radius 3 is 2.50 bits per heavy atom. The van der Waals surface area contributed by atoms with Crippen LogP contribution in [-0.4, -0.2) is 0 Å². The lowest BCUT2D eigenvalue weighted by atomic mass is 10.1. The first-order valence-electron chi connectivity index (χ1n) is 5.91. The van der Waals surface area contributed by atoms with Gasteiger partial charge in [0.1, 0.15) is 11.9 Å². The molecule has 0 spiro atoms. The molecule has 0 fully saturated rings. The van der Waals surface area contributed by atoms with Crippen molar-refractivity contribution in [1.29, 1.82) is 0 Å². The Hall–Kier alpha value is -1.32. The minimum atomic E-state index is 0.00537. The molecule has 0 saturated carbocycles. The molecule has 0 aliphatic heterocycles. The highest BCUT2D eigenvalue weighted by Crippen LogP contribution is 2.29. The van der Waals surface area contributed by atoms with E-state index in [0.29, 0.717) is 6.54 Å². The average Bonchev–Trinajstić information content (AvgIpc) is 2.40. The molecule has 1 atom stereocenters. The molecule has 0 aromatic heterocycles. The molecule has 0 heterocycles. The van der Waals surface area contributed by atoms with Crippen molar-refractivity contribution < 1.29 is 4.74 Å². The second-order valence-corrected chi connectivity index (χ2v) is 4.95. The van der Waals surface area contributed by atoms with Crippen molar-refractivity contribution in [3.05, 3.63) is 64.1 Å². The molecule has 2 aromatic rings. The van der Waals surface area contributed by atoms with Crippen LogP contribution in [0.2, 0.25) is 0 Å². The molecular weight excluding hydrogens is 290 g/mol. The number of nitrogens with two attached hydrogens (primary N) is 1. The van der Waals surface area contributed by atoms with Crippen LogP contribution in [0.1, 0.15) is 24.2 Å².